The normalized spacial score (nSPS) is 11.4. The lowest BCUT2D eigenvalue weighted by Crippen LogP contribution is -2.06. The van der Waals surface area contributed by atoms with E-state index in [0.29, 0.717) is 33.5 Å². The Morgan fingerprint density at radius 2 is 2.00 bits per heavy atom. The summed E-state index contributed by atoms with van der Waals surface area (Å²) < 4.78 is 21.2. The van der Waals surface area contributed by atoms with Crippen LogP contribution in [0.15, 0.2) is 29.4 Å². The molecule has 0 fully saturated rings. The van der Waals surface area contributed by atoms with Crippen molar-refractivity contribution in [1.82, 2.24) is 34.6 Å². The molecule has 0 unspecified atom stereocenters. The van der Waals surface area contributed by atoms with E-state index in [0.717, 1.165) is 12.2 Å². The van der Waals surface area contributed by atoms with Gasteiger partial charge in [0, 0.05) is 5.75 Å². The minimum Gasteiger partial charge on any atom is -0.469 e. The maximum atomic E-state index is 13.4. The first kappa shape index (κ1) is 18.3. The van der Waals surface area contributed by atoms with Crippen LogP contribution >= 0.6 is 11.8 Å². The van der Waals surface area contributed by atoms with Crippen LogP contribution < -0.4 is 0 Å². The number of aromatic nitrogens is 7. The molecule has 28 heavy (non-hydrogen) atoms. The first-order valence-electron chi connectivity index (χ1n) is 8.57. The van der Waals surface area contributed by atoms with E-state index in [1.54, 1.807) is 16.8 Å². The van der Waals surface area contributed by atoms with Crippen LogP contribution in [0.25, 0.3) is 22.6 Å². The van der Waals surface area contributed by atoms with Crippen LogP contribution in [0.5, 0.6) is 0 Å². The lowest BCUT2D eigenvalue weighted by Gasteiger charge is -2.03. The summed E-state index contributed by atoms with van der Waals surface area (Å²) in [6.07, 6.45) is 0.908. The Morgan fingerprint density at radius 1 is 1.21 bits per heavy atom. The molecule has 0 aliphatic heterocycles. The average molecular weight is 401 g/mol. The third-order valence-corrected chi connectivity index (χ3v) is 5.01. The van der Waals surface area contributed by atoms with E-state index >= 15 is 0 Å². The van der Waals surface area contributed by atoms with Crippen LogP contribution in [0.4, 0.5) is 4.39 Å². The summed E-state index contributed by atoms with van der Waals surface area (Å²) in [5.41, 5.74) is 1.87. The van der Waals surface area contributed by atoms with Gasteiger partial charge in [-0.3, -0.25) is 4.79 Å². The third-order valence-electron chi connectivity index (χ3n) is 3.96. The molecule has 9 nitrogen and oxygen atoms in total. The van der Waals surface area contributed by atoms with Gasteiger partial charge in [-0.2, -0.15) is 14.6 Å². The van der Waals surface area contributed by atoms with Crippen molar-refractivity contribution in [2.24, 2.45) is 0 Å². The first-order valence-corrected chi connectivity index (χ1v) is 9.56. The van der Waals surface area contributed by atoms with Crippen molar-refractivity contribution in [2.45, 2.75) is 24.9 Å². The second-order valence-corrected chi connectivity index (χ2v) is 6.98. The van der Waals surface area contributed by atoms with Gasteiger partial charge in [-0.05, 0) is 30.7 Å². The van der Waals surface area contributed by atoms with Gasteiger partial charge in [0.2, 0.25) is 5.16 Å². The van der Waals surface area contributed by atoms with E-state index in [1.807, 2.05) is 0 Å². The minimum absolute atomic E-state index is 0.0759. The fraction of sp³-hybridized carbons (Fsp3) is 0.294. The zero-order chi connectivity index (χ0) is 19.7. The molecule has 4 rings (SSSR count). The van der Waals surface area contributed by atoms with Crippen molar-refractivity contribution in [3.05, 3.63) is 35.8 Å². The van der Waals surface area contributed by atoms with Gasteiger partial charge in [0.1, 0.15) is 11.5 Å². The second kappa shape index (κ2) is 7.50. The minimum atomic E-state index is -0.453. The number of halogens is 1. The number of rotatable bonds is 6. The van der Waals surface area contributed by atoms with Gasteiger partial charge in [-0.15, -0.1) is 15.3 Å². The first-order chi connectivity index (χ1) is 13.6. The molecule has 0 amide bonds. The molecular formula is C17H16FN7O2S. The van der Waals surface area contributed by atoms with Crippen molar-refractivity contribution >= 4 is 34.7 Å². The SMILES string of the molecule is CCCSc1nc2nnc3c(CC(=O)OC)nn(-c4ccc(F)cc4)c3n2n1. The lowest BCUT2D eigenvalue weighted by molar-refractivity contribution is -0.139. The fourth-order valence-electron chi connectivity index (χ4n) is 2.67. The number of fused-ring (bicyclic) bond motifs is 3. The topological polar surface area (TPSA) is 100 Å². The Morgan fingerprint density at radius 3 is 2.71 bits per heavy atom. The highest BCUT2D eigenvalue weighted by Crippen LogP contribution is 2.23. The lowest BCUT2D eigenvalue weighted by atomic mass is 10.3. The number of nitrogens with zero attached hydrogens (tertiary/aromatic N) is 7. The zero-order valence-corrected chi connectivity index (χ0v) is 16.0. The number of esters is 1. The Hall–Kier alpha value is -3.08. The summed E-state index contributed by atoms with van der Waals surface area (Å²) in [5, 5.41) is 17.9. The van der Waals surface area contributed by atoms with Crippen LogP contribution in [-0.4, -0.2) is 53.4 Å². The number of ether oxygens (including phenoxy) is 1. The molecule has 144 valence electrons. The molecule has 0 saturated carbocycles. The van der Waals surface area contributed by atoms with Crippen LogP contribution in [0.3, 0.4) is 0 Å². The molecule has 11 heteroatoms. The number of carbonyl (C=O) groups is 1. The van der Waals surface area contributed by atoms with Crippen molar-refractivity contribution in [3.8, 4) is 5.69 Å². The van der Waals surface area contributed by atoms with Crippen molar-refractivity contribution in [1.29, 1.82) is 0 Å². The van der Waals surface area contributed by atoms with Crippen molar-refractivity contribution < 1.29 is 13.9 Å². The molecule has 0 atom stereocenters. The highest BCUT2D eigenvalue weighted by molar-refractivity contribution is 7.99. The Bertz CT molecular complexity index is 1160. The highest BCUT2D eigenvalue weighted by Gasteiger charge is 2.21. The van der Waals surface area contributed by atoms with Gasteiger partial charge in [-0.25, -0.2) is 9.07 Å². The molecule has 0 bridgehead atoms. The van der Waals surface area contributed by atoms with Gasteiger partial charge in [-0.1, -0.05) is 18.7 Å². The molecule has 1 aromatic carbocycles. The van der Waals surface area contributed by atoms with Gasteiger partial charge >= 0.3 is 5.97 Å². The van der Waals surface area contributed by atoms with Gasteiger partial charge in [0.15, 0.2) is 11.2 Å². The summed E-state index contributed by atoms with van der Waals surface area (Å²) in [6.45, 7) is 2.07. The number of carbonyl (C=O) groups excluding carboxylic acids is 1. The summed E-state index contributed by atoms with van der Waals surface area (Å²) in [6, 6.07) is 5.83. The number of methoxy groups -OCH3 is 1. The largest absolute Gasteiger partial charge is 0.469 e. The Labute approximate surface area is 162 Å². The molecule has 0 aliphatic rings. The van der Waals surface area contributed by atoms with E-state index in [1.165, 1.54) is 35.5 Å². The van der Waals surface area contributed by atoms with E-state index in [2.05, 4.69) is 32.3 Å². The fourth-order valence-corrected chi connectivity index (χ4v) is 3.34. The van der Waals surface area contributed by atoms with E-state index < -0.39 is 5.97 Å². The van der Waals surface area contributed by atoms with Crippen LogP contribution in [0.2, 0.25) is 0 Å². The van der Waals surface area contributed by atoms with E-state index in [4.69, 9.17) is 4.74 Å². The third kappa shape index (κ3) is 3.28. The summed E-state index contributed by atoms with van der Waals surface area (Å²) in [4.78, 5) is 16.2. The summed E-state index contributed by atoms with van der Waals surface area (Å²) >= 11 is 1.52. The molecule has 0 radical (unpaired) electrons. The van der Waals surface area contributed by atoms with E-state index in [9.17, 15) is 9.18 Å². The maximum absolute atomic E-state index is 13.4. The van der Waals surface area contributed by atoms with Crippen molar-refractivity contribution in [3.63, 3.8) is 0 Å². The predicted molar refractivity (Wildman–Crippen MR) is 99.9 cm³/mol. The average Bonchev–Trinajstić information content (AvgIpc) is 3.28. The monoisotopic (exact) mass is 401 g/mol. The van der Waals surface area contributed by atoms with Crippen LogP contribution in [-0.2, 0) is 16.0 Å². The molecular weight excluding hydrogens is 385 g/mol. The summed E-state index contributed by atoms with van der Waals surface area (Å²) in [7, 11) is 1.31. The molecule has 0 spiro atoms. The molecule has 0 aliphatic carbocycles. The molecule has 4 aromatic rings. The maximum Gasteiger partial charge on any atom is 0.311 e. The molecule has 0 saturated heterocycles. The quantitative estimate of drug-likeness (QED) is 0.358. The predicted octanol–water partition coefficient (Wildman–Crippen LogP) is 2.21. The van der Waals surface area contributed by atoms with Crippen molar-refractivity contribution in [2.75, 3.05) is 12.9 Å². The molecule has 3 heterocycles. The van der Waals surface area contributed by atoms with Gasteiger partial charge in [0.25, 0.3) is 5.78 Å². The van der Waals surface area contributed by atoms with Gasteiger partial charge < -0.3 is 4.74 Å². The molecule has 0 N–H and O–H groups in total. The smallest absolute Gasteiger partial charge is 0.311 e. The second-order valence-electron chi connectivity index (χ2n) is 5.91. The number of hydrogen-bond donors (Lipinski definition) is 0. The Kier molecular flexibility index (Phi) is 4.90. The standard InChI is InChI=1S/C17H16FN7O2S/c1-3-8-28-17-19-16-21-20-14-12(9-13(26)27-2)22-24(15(14)25(16)23-17)11-6-4-10(18)5-7-11/h4-7H,3,8-9H2,1-2H3. The zero-order valence-electron chi connectivity index (χ0n) is 15.2. The van der Waals surface area contributed by atoms with Gasteiger partial charge in [0.05, 0.1) is 19.2 Å². The number of hydrogen-bond acceptors (Lipinski definition) is 8. The molecule has 3 aromatic heterocycles. The Balaban J connectivity index is 1.95. The van der Waals surface area contributed by atoms with E-state index in [-0.39, 0.29) is 12.2 Å². The highest BCUT2D eigenvalue weighted by atomic mass is 32.2. The summed E-state index contributed by atoms with van der Waals surface area (Å²) in [5.74, 6) is 0.376. The number of benzene rings is 1. The van der Waals surface area contributed by atoms with Crippen LogP contribution in [0, 0.1) is 5.82 Å². The number of thioether (sulfide) groups is 1. The van der Waals surface area contributed by atoms with Crippen LogP contribution in [0.1, 0.15) is 19.0 Å².